The van der Waals surface area contributed by atoms with Gasteiger partial charge in [0.2, 0.25) is 0 Å². The van der Waals surface area contributed by atoms with E-state index < -0.39 is 0 Å². The third-order valence-electron chi connectivity index (χ3n) is 4.72. The fraction of sp³-hybridized carbons (Fsp3) is 0.444. The van der Waals surface area contributed by atoms with Crippen LogP contribution in [0.15, 0.2) is 28.8 Å². The normalized spacial score (nSPS) is 20.4. The molecule has 3 rings (SSSR count). The Kier molecular flexibility index (Phi) is 5.73. The zero-order valence-corrected chi connectivity index (χ0v) is 15.4. The summed E-state index contributed by atoms with van der Waals surface area (Å²) >= 11 is 6.10. The van der Waals surface area contributed by atoms with Crippen molar-refractivity contribution in [3.05, 3.63) is 46.3 Å². The summed E-state index contributed by atoms with van der Waals surface area (Å²) in [5, 5.41) is 7.71. The van der Waals surface area contributed by atoms with Crippen LogP contribution in [0.25, 0.3) is 0 Å². The Labute approximate surface area is 152 Å². The van der Waals surface area contributed by atoms with Crippen molar-refractivity contribution in [2.75, 3.05) is 38.0 Å². The van der Waals surface area contributed by atoms with Crippen molar-refractivity contribution in [1.29, 1.82) is 0 Å². The molecule has 25 heavy (non-hydrogen) atoms. The van der Waals surface area contributed by atoms with Crippen LogP contribution < -0.4 is 15.1 Å². The first-order valence-electron chi connectivity index (χ1n) is 8.65. The minimum absolute atomic E-state index is 0.0379. The SMILES string of the molecule is Cc1cc(C[NH+]2CC[NH+](CC(=O)Nc3cccc(Cl)c3C)CC2)no1. The Bertz CT molecular complexity index is 738. The second kappa shape index (κ2) is 7.99. The Hall–Kier alpha value is -1.89. The van der Waals surface area contributed by atoms with E-state index in [1.807, 2.05) is 38.1 Å². The lowest BCUT2D eigenvalue weighted by atomic mass is 10.2. The van der Waals surface area contributed by atoms with Crippen LogP contribution in [0.4, 0.5) is 5.69 Å². The highest BCUT2D eigenvalue weighted by Gasteiger charge is 2.25. The first-order chi connectivity index (χ1) is 12.0. The van der Waals surface area contributed by atoms with E-state index in [0.29, 0.717) is 11.6 Å². The molecule has 1 aromatic carbocycles. The van der Waals surface area contributed by atoms with Crippen molar-refractivity contribution in [1.82, 2.24) is 5.16 Å². The van der Waals surface area contributed by atoms with Crippen molar-refractivity contribution in [3.8, 4) is 0 Å². The molecule has 1 amide bonds. The average Bonchev–Trinajstić information content (AvgIpc) is 2.99. The van der Waals surface area contributed by atoms with Gasteiger partial charge in [0, 0.05) is 16.8 Å². The summed E-state index contributed by atoms with van der Waals surface area (Å²) in [4.78, 5) is 15.1. The molecule has 0 atom stereocenters. The Balaban J connectivity index is 1.45. The highest BCUT2D eigenvalue weighted by molar-refractivity contribution is 6.31. The van der Waals surface area contributed by atoms with Gasteiger partial charge in [0.1, 0.15) is 44.2 Å². The van der Waals surface area contributed by atoms with Crippen LogP contribution in [0.3, 0.4) is 0 Å². The monoisotopic (exact) mass is 364 g/mol. The number of hydrogen-bond donors (Lipinski definition) is 3. The number of anilines is 1. The van der Waals surface area contributed by atoms with Gasteiger partial charge in [0.25, 0.3) is 5.91 Å². The Morgan fingerprint density at radius 2 is 1.96 bits per heavy atom. The summed E-state index contributed by atoms with van der Waals surface area (Å²) in [6, 6.07) is 7.56. The molecular weight excluding hydrogens is 340 g/mol. The van der Waals surface area contributed by atoms with Crippen LogP contribution in [0.2, 0.25) is 5.02 Å². The molecule has 1 saturated heterocycles. The molecule has 3 N–H and O–H groups in total. The maximum Gasteiger partial charge on any atom is 0.279 e. The summed E-state index contributed by atoms with van der Waals surface area (Å²) in [5.41, 5.74) is 2.71. The Morgan fingerprint density at radius 3 is 2.64 bits per heavy atom. The van der Waals surface area contributed by atoms with Gasteiger partial charge in [-0.05, 0) is 31.5 Å². The molecule has 0 unspecified atom stereocenters. The third-order valence-corrected chi connectivity index (χ3v) is 5.13. The van der Waals surface area contributed by atoms with Crippen LogP contribution >= 0.6 is 11.6 Å². The number of quaternary nitrogens is 2. The first kappa shape index (κ1) is 17.9. The molecule has 0 spiro atoms. The van der Waals surface area contributed by atoms with Gasteiger partial charge in [0.05, 0.1) is 0 Å². The van der Waals surface area contributed by atoms with Crippen LogP contribution in [0.5, 0.6) is 0 Å². The zero-order valence-electron chi connectivity index (χ0n) is 14.7. The molecule has 0 saturated carbocycles. The van der Waals surface area contributed by atoms with E-state index in [9.17, 15) is 4.79 Å². The fourth-order valence-electron chi connectivity index (χ4n) is 3.23. The quantitative estimate of drug-likeness (QED) is 0.692. The highest BCUT2D eigenvalue weighted by Crippen LogP contribution is 2.22. The molecule has 1 aliphatic heterocycles. The van der Waals surface area contributed by atoms with Gasteiger partial charge in [-0.25, -0.2) is 0 Å². The molecule has 0 bridgehead atoms. The number of carbonyl (C=O) groups is 1. The van der Waals surface area contributed by atoms with Gasteiger partial charge in [-0.15, -0.1) is 0 Å². The van der Waals surface area contributed by atoms with Crippen molar-refractivity contribution in [2.45, 2.75) is 20.4 Å². The number of piperazine rings is 1. The predicted octanol–water partition coefficient (Wildman–Crippen LogP) is -0.133. The van der Waals surface area contributed by atoms with Gasteiger partial charge in [0.15, 0.2) is 6.54 Å². The smallest absolute Gasteiger partial charge is 0.279 e. The van der Waals surface area contributed by atoms with Gasteiger partial charge in [-0.3, -0.25) is 4.79 Å². The van der Waals surface area contributed by atoms with Gasteiger partial charge < -0.3 is 19.6 Å². The number of hydrogen-bond acceptors (Lipinski definition) is 3. The minimum Gasteiger partial charge on any atom is -0.361 e. The first-order valence-corrected chi connectivity index (χ1v) is 9.03. The van der Waals surface area contributed by atoms with Crippen molar-refractivity contribution in [2.24, 2.45) is 0 Å². The van der Waals surface area contributed by atoms with E-state index in [4.69, 9.17) is 16.1 Å². The molecule has 7 heteroatoms. The molecule has 134 valence electrons. The summed E-state index contributed by atoms with van der Waals surface area (Å²) in [6.07, 6.45) is 0. The van der Waals surface area contributed by atoms with Crippen LogP contribution in [0.1, 0.15) is 17.0 Å². The van der Waals surface area contributed by atoms with Gasteiger partial charge >= 0.3 is 0 Å². The molecule has 1 aliphatic rings. The second-order valence-electron chi connectivity index (χ2n) is 6.74. The molecule has 2 heterocycles. The lowest BCUT2D eigenvalue weighted by Crippen LogP contribution is -3.28. The van der Waals surface area contributed by atoms with Crippen molar-refractivity contribution in [3.63, 3.8) is 0 Å². The van der Waals surface area contributed by atoms with E-state index in [0.717, 1.165) is 55.4 Å². The second-order valence-corrected chi connectivity index (χ2v) is 7.15. The lowest BCUT2D eigenvalue weighted by molar-refractivity contribution is -1.02. The summed E-state index contributed by atoms with van der Waals surface area (Å²) in [7, 11) is 0. The number of carbonyl (C=O) groups excluding carboxylic acids is 1. The maximum absolute atomic E-state index is 12.3. The largest absolute Gasteiger partial charge is 0.361 e. The van der Waals surface area contributed by atoms with Crippen molar-refractivity contribution < 1.29 is 19.1 Å². The zero-order chi connectivity index (χ0) is 17.8. The number of halogens is 1. The summed E-state index contributed by atoms with van der Waals surface area (Å²) in [6.45, 7) is 9.23. The van der Waals surface area contributed by atoms with Crippen LogP contribution in [0, 0.1) is 13.8 Å². The van der Waals surface area contributed by atoms with E-state index >= 15 is 0 Å². The number of rotatable bonds is 5. The number of aromatic nitrogens is 1. The molecule has 6 nitrogen and oxygen atoms in total. The molecule has 0 radical (unpaired) electrons. The average molecular weight is 365 g/mol. The molecular formula is C18H25ClN4O2+2. The minimum atomic E-state index is 0.0379. The molecule has 1 fully saturated rings. The van der Waals surface area contributed by atoms with E-state index in [1.165, 1.54) is 9.80 Å². The maximum atomic E-state index is 12.3. The predicted molar refractivity (Wildman–Crippen MR) is 96.0 cm³/mol. The molecule has 1 aromatic heterocycles. The van der Waals surface area contributed by atoms with Gasteiger partial charge in [-0.1, -0.05) is 22.8 Å². The topological polar surface area (TPSA) is 64.0 Å². The summed E-state index contributed by atoms with van der Waals surface area (Å²) < 4.78 is 5.12. The number of nitrogens with zero attached hydrogens (tertiary/aromatic N) is 1. The lowest BCUT2D eigenvalue weighted by Gasteiger charge is -2.28. The van der Waals surface area contributed by atoms with Crippen LogP contribution in [-0.2, 0) is 11.3 Å². The van der Waals surface area contributed by atoms with Gasteiger partial charge in [-0.2, -0.15) is 0 Å². The third kappa shape index (κ3) is 4.81. The number of nitrogens with one attached hydrogen (secondary N) is 3. The number of aryl methyl sites for hydroxylation is 1. The van der Waals surface area contributed by atoms with Crippen molar-refractivity contribution >= 4 is 23.2 Å². The number of benzene rings is 1. The Morgan fingerprint density at radius 1 is 1.24 bits per heavy atom. The van der Waals surface area contributed by atoms with E-state index in [1.54, 1.807) is 0 Å². The molecule has 2 aromatic rings. The molecule has 0 aliphatic carbocycles. The summed E-state index contributed by atoms with van der Waals surface area (Å²) in [5.74, 6) is 0.891. The fourth-order valence-corrected chi connectivity index (χ4v) is 3.41. The number of amides is 1. The standard InChI is InChI=1S/C18H23ClN4O2/c1-13-10-15(21-25-13)11-22-6-8-23(9-7-22)12-18(24)20-17-5-3-4-16(19)14(17)2/h3-5,10H,6-9,11-12H2,1-2H3,(H,20,24)/p+2. The van der Waals surface area contributed by atoms with E-state index in [2.05, 4.69) is 10.5 Å². The van der Waals surface area contributed by atoms with E-state index in [-0.39, 0.29) is 5.91 Å². The van der Waals surface area contributed by atoms with Crippen LogP contribution in [-0.4, -0.2) is 43.8 Å². The highest BCUT2D eigenvalue weighted by atomic mass is 35.5.